The molecule has 1 N–H and O–H groups in total. The van der Waals surface area contributed by atoms with Gasteiger partial charge in [0.15, 0.2) is 0 Å². The summed E-state index contributed by atoms with van der Waals surface area (Å²) >= 11 is 0. The third-order valence-electron chi connectivity index (χ3n) is 6.55. The molecule has 3 aromatic rings. The molecule has 37 heavy (non-hydrogen) atoms. The summed E-state index contributed by atoms with van der Waals surface area (Å²) in [5.41, 5.74) is 3.32. The lowest BCUT2D eigenvalue weighted by Gasteiger charge is -2.20. The first-order chi connectivity index (χ1) is 17.5. The Balaban J connectivity index is 1.53. The standard InChI is InChI=1S/C28H28F3N5O/c1-18-4-5-20(11-25(18)21-8-9-36(17-21)24-10-19(13-32)14-33-15-24)27(37)34-23-7-6-22(16-35(2)3)26(12-23)28(29,30)31/h4-7,10-12,14-15,21H,8-9,16-17H2,1-3H3,(H,34,37)/t21-/m1/s1. The highest BCUT2D eigenvalue weighted by Gasteiger charge is 2.34. The van der Waals surface area contributed by atoms with Crippen LogP contribution in [-0.2, 0) is 12.7 Å². The summed E-state index contributed by atoms with van der Waals surface area (Å²) in [5, 5.41) is 11.8. The van der Waals surface area contributed by atoms with Crippen molar-refractivity contribution in [3.05, 3.63) is 88.2 Å². The van der Waals surface area contributed by atoms with E-state index >= 15 is 0 Å². The van der Waals surface area contributed by atoms with Crippen molar-refractivity contribution in [2.75, 3.05) is 37.4 Å². The fraction of sp³-hybridized carbons (Fsp3) is 0.321. The number of rotatable bonds is 6. The minimum atomic E-state index is -4.53. The molecular weight excluding hydrogens is 479 g/mol. The zero-order valence-corrected chi connectivity index (χ0v) is 20.9. The molecule has 192 valence electrons. The smallest absolute Gasteiger partial charge is 0.370 e. The van der Waals surface area contributed by atoms with Crippen molar-refractivity contribution in [3.63, 3.8) is 0 Å². The molecule has 1 fully saturated rings. The number of nitrogens with one attached hydrogen (secondary N) is 1. The molecule has 1 atom stereocenters. The van der Waals surface area contributed by atoms with Gasteiger partial charge in [0, 0.05) is 43.0 Å². The Hall–Kier alpha value is -3.90. The predicted molar refractivity (Wildman–Crippen MR) is 136 cm³/mol. The van der Waals surface area contributed by atoms with Crippen LogP contribution in [0, 0.1) is 18.3 Å². The highest BCUT2D eigenvalue weighted by Crippen LogP contribution is 2.35. The second kappa shape index (κ2) is 10.6. The molecule has 0 saturated carbocycles. The molecule has 1 aliphatic rings. The number of aryl methyl sites for hydroxylation is 1. The summed E-state index contributed by atoms with van der Waals surface area (Å²) in [6.07, 6.45) is -0.402. The van der Waals surface area contributed by atoms with Gasteiger partial charge in [0.1, 0.15) is 6.07 Å². The van der Waals surface area contributed by atoms with E-state index in [-0.39, 0.29) is 23.7 Å². The average Bonchev–Trinajstić information content (AvgIpc) is 3.34. The van der Waals surface area contributed by atoms with Crippen LogP contribution in [0.2, 0.25) is 0 Å². The first-order valence-electron chi connectivity index (χ1n) is 11.9. The minimum absolute atomic E-state index is 0.0962. The first kappa shape index (κ1) is 26.2. The van der Waals surface area contributed by atoms with Gasteiger partial charge in [-0.05, 0) is 74.5 Å². The van der Waals surface area contributed by atoms with Gasteiger partial charge in [-0.3, -0.25) is 9.78 Å². The normalized spacial score (nSPS) is 15.6. The Morgan fingerprint density at radius 2 is 1.97 bits per heavy atom. The number of amides is 1. The van der Waals surface area contributed by atoms with Crippen LogP contribution in [0.5, 0.6) is 0 Å². The number of aromatic nitrogens is 1. The van der Waals surface area contributed by atoms with Gasteiger partial charge < -0.3 is 15.1 Å². The molecule has 1 aliphatic heterocycles. The second-order valence-electron chi connectivity index (χ2n) is 9.61. The lowest BCUT2D eigenvalue weighted by molar-refractivity contribution is -0.138. The molecule has 0 bridgehead atoms. The summed E-state index contributed by atoms with van der Waals surface area (Å²) in [5.74, 6) is -0.295. The van der Waals surface area contributed by atoms with Gasteiger partial charge in [-0.2, -0.15) is 18.4 Å². The van der Waals surface area contributed by atoms with Crippen molar-refractivity contribution in [3.8, 4) is 6.07 Å². The molecule has 0 unspecified atom stereocenters. The monoisotopic (exact) mass is 507 g/mol. The number of pyridine rings is 1. The van der Waals surface area contributed by atoms with Gasteiger partial charge in [0.25, 0.3) is 5.91 Å². The molecule has 4 rings (SSSR count). The summed E-state index contributed by atoms with van der Waals surface area (Å²) < 4.78 is 41.0. The van der Waals surface area contributed by atoms with E-state index in [0.717, 1.165) is 35.8 Å². The number of alkyl halides is 3. The maximum atomic E-state index is 13.7. The Labute approximate surface area is 214 Å². The molecule has 0 radical (unpaired) electrons. The molecule has 0 spiro atoms. The van der Waals surface area contributed by atoms with E-state index in [1.54, 1.807) is 31.3 Å². The molecule has 1 saturated heterocycles. The molecular formula is C28H28F3N5O. The lowest BCUT2D eigenvalue weighted by Crippen LogP contribution is -2.20. The molecule has 2 heterocycles. The number of hydrogen-bond donors (Lipinski definition) is 1. The summed E-state index contributed by atoms with van der Waals surface area (Å²) in [6.45, 7) is 3.62. The summed E-state index contributed by atoms with van der Waals surface area (Å²) in [6, 6.07) is 13.2. The van der Waals surface area contributed by atoms with Crippen molar-refractivity contribution in [1.82, 2.24) is 9.88 Å². The molecule has 1 aromatic heterocycles. The number of halogens is 3. The van der Waals surface area contributed by atoms with Gasteiger partial charge in [0.2, 0.25) is 0 Å². The zero-order valence-electron chi connectivity index (χ0n) is 20.9. The van der Waals surface area contributed by atoms with Crippen molar-refractivity contribution < 1.29 is 18.0 Å². The summed E-state index contributed by atoms with van der Waals surface area (Å²) in [7, 11) is 3.41. The predicted octanol–water partition coefficient (Wildman–Crippen LogP) is 5.59. The van der Waals surface area contributed by atoms with E-state index in [0.29, 0.717) is 17.7 Å². The van der Waals surface area contributed by atoms with Crippen molar-refractivity contribution >= 4 is 17.3 Å². The maximum Gasteiger partial charge on any atom is 0.416 e. The van der Waals surface area contributed by atoms with Crippen LogP contribution in [0.4, 0.5) is 24.5 Å². The van der Waals surface area contributed by atoms with Crippen LogP contribution in [0.15, 0.2) is 54.9 Å². The fourth-order valence-corrected chi connectivity index (χ4v) is 4.73. The number of hydrogen-bond acceptors (Lipinski definition) is 5. The van der Waals surface area contributed by atoms with Crippen LogP contribution in [0.25, 0.3) is 0 Å². The van der Waals surface area contributed by atoms with Gasteiger partial charge in [-0.15, -0.1) is 0 Å². The molecule has 1 amide bonds. The van der Waals surface area contributed by atoms with Crippen LogP contribution < -0.4 is 10.2 Å². The van der Waals surface area contributed by atoms with E-state index < -0.39 is 17.6 Å². The zero-order chi connectivity index (χ0) is 26.7. The molecule has 0 aliphatic carbocycles. The third-order valence-corrected chi connectivity index (χ3v) is 6.55. The van der Waals surface area contributed by atoms with Gasteiger partial charge in [-0.1, -0.05) is 12.1 Å². The van der Waals surface area contributed by atoms with Crippen LogP contribution in [0.3, 0.4) is 0 Å². The highest BCUT2D eigenvalue weighted by molar-refractivity contribution is 6.04. The Morgan fingerprint density at radius 3 is 2.68 bits per heavy atom. The highest BCUT2D eigenvalue weighted by atomic mass is 19.4. The number of nitriles is 1. The van der Waals surface area contributed by atoms with E-state index in [9.17, 15) is 18.0 Å². The van der Waals surface area contributed by atoms with E-state index in [1.165, 1.54) is 18.3 Å². The second-order valence-corrected chi connectivity index (χ2v) is 9.61. The van der Waals surface area contributed by atoms with Crippen molar-refractivity contribution in [1.29, 1.82) is 5.26 Å². The van der Waals surface area contributed by atoms with Crippen LogP contribution in [-0.4, -0.2) is 43.0 Å². The van der Waals surface area contributed by atoms with E-state index in [2.05, 4.69) is 21.3 Å². The number of nitrogens with zero attached hydrogens (tertiary/aromatic N) is 4. The quantitative estimate of drug-likeness (QED) is 0.471. The number of benzene rings is 2. The minimum Gasteiger partial charge on any atom is -0.370 e. The van der Waals surface area contributed by atoms with Gasteiger partial charge in [0.05, 0.1) is 23.0 Å². The van der Waals surface area contributed by atoms with Crippen molar-refractivity contribution in [2.24, 2.45) is 0 Å². The molecule has 2 aromatic carbocycles. The molecule has 6 nitrogen and oxygen atoms in total. The van der Waals surface area contributed by atoms with Crippen molar-refractivity contribution in [2.45, 2.75) is 32.0 Å². The number of carbonyl (C=O) groups is 1. The van der Waals surface area contributed by atoms with Crippen LogP contribution >= 0.6 is 0 Å². The Morgan fingerprint density at radius 1 is 1.19 bits per heavy atom. The fourth-order valence-electron chi connectivity index (χ4n) is 4.73. The topological polar surface area (TPSA) is 72.3 Å². The van der Waals surface area contributed by atoms with Crippen LogP contribution in [0.1, 0.15) is 50.5 Å². The maximum absolute atomic E-state index is 13.7. The van der Waals surface area contributed by atoms with E-state index in [1.807, 2.05) is 25.1 Å². The average molecular weight is 508 g/mol. The SMILES string of the molecule is Cc1ccc(C(=O)Nc2ccc(CN(C)C)c(C(F)(F)F)c2)cc1[C@@H]1CCN(c2cncc(C#N)c2)C1. The number of anilines is 2. The Kier molecular flexibility index (Phi) is 7.50. The Bertz CT molecular complexity index is 1350. The van der Waals surface area contributed by atoms with Gasteiger partial charge in [-0.25, -0.2) is 0 Å². The lowest BCUT2D eigenvalue weighted by atomic mass is 9.92. The van der Waals surface area contributed by atoms with E-state index in [4.69, 9.17) is 5.26 Å². The summed E-state index contributed by atoms with van der Waals surface area (Å²) in [4.78, 5) is 21.0. The largest absolute Gasteiger partial charge is 0.416 e. The third kappa shape index (κ3) is 6.09. The van der Waals surface area contributed by atoms with Gasteiger partial charge >= 0.3 is 6.18 Å². The number of carbonyl (C=O) groups excluding carboxylic acids is 1. The molecule has 9 heteroatoms. The first-order valence-corrected chi connectivity index (χ1v) is 11.9.